The van der Waals surface area contributed by atoms with Gasteiger partial charge in [0, 0.05) is 0 Å². The number of rotatable bonds is 7. The first-order chi connectivity index (χ1) is 9.90. The molecule has 0 aliphatic rings. The van der Waals surface area contributed by atoms with E-state index in [1.54, 1.807) is 0 Å². The zero-order valence-electron chi connectivity index (χ0n) is 11.6. The topological polar surface area (TPSA) is 78.7 Å². The standard InChI is InChI=1S/C13H15BrFNO5/c1-3-4-5-11(13(17)20-2)21-12-9(14)6-8(15)7-10(12)16(18)19/h6-7,11H,3-5H2,1-2H3. The van der Waals surface area contributed by atoms with E-state index >= 15 is 0 Å². The maximum absolute atomic E-state index is 13.3. The smallest absolute Gasteiger partial charge is 0.347 e. The largest absolute Gasteiger partial charge is 0.471 e. The van der Waals surface area contributed by atoms with Gasteiger partial charge in [-0.1, -0.05) is 13.3 Å². The van der Waals surface area contributed by atoms with E-state index in [4.69, 9.17) is 4.74 Å². The maximum atomic E-state index is 13.3. The van der Waals surface area contributed by atoms with Crippen LogP contribution in [0.1, 0.15) is 26.2 Å². The average Bonchev–Trinajstić information content (AvgIpc) is 2.43. The van der Waals surface area contributed by atoms with E-state index in [0.29, 0.717) is 12.8 Å². The molecule has 1 aromatic rings. The Labute approximate surface area is 129 Å². The van der Waals surface area contributed by atoms with E-state index < -0.39 is 28.5 Å². The van der Waals surface area contributed by atoms with Gasteiger partial charge in [0.2, 0.25) is 5.75 Å². The highest BCUT2D eigenvalue weighted by atomic mass is 79.9. The highest BCUT2D eigenvalue weighted by Gasteiger charge is 2.27. The first-order valence-electron chi connectivity index (χ1n) is 6.28. The maximum Gasteiger partial charge on any atom is 0.347 e. The molecule has 1 rings (SSSR count). The van der Waals surface area contributed by atoms with E-state index in [1.165, 1.54) is 7.11 Å². The van der Waals surface area contributed by atoms with Crippen LogP contribution >= 0.6 is 15.9 Å². The van der Waals surface area contributed by atoms with Gasteiger partial charge < -0.3 is 9.47 Å². The number of carbonyl (C=O) groups excluding carboxylic acids is 1. The monoisotopic (exact) mass is 363 g/mol. The Morgan fingerprint density at radius 1 is 1.52 bits per heavy atom. The van der Waals surface area contributed by atoms with Gasteiger partial charge in [-0.15, -0.1) is 0 Å². The fourth-order valence-electron chi connectivity index (χ4n) is 1.69. The minimum atomic E-state index is -0.976. The number of halogens is 2. The Bertz CT molecular complexity index is 538. The average molecular weight is 364 g/mol. The number of ether oxygens (including phenoxy) is 2. The fraction of sp³-hybridized carbons (Fsp3) is 0.462. The minimum Gasteiger partial charge on any atom is -0.471 e. The second-order valence-electron chi connectivity index (χ2n) is 4.26. The second-order valence-corrected chi connectivity index (χ2v) is 5.12. The predicted molar refractivity (Wildman–Crippen MR) is 76.7 cm³/mol. The first kappa shape index (κ1) is 17.4. The molecule has 1 atom stereocenters. The van der Waals surface area contributed by atoms with E-state index in [0.717, 1.165) is 18.6 Å². The Morgan fingerprint density at radius 2 is 2.19 bits per heavy atom. The molecule has 0 radical (unpaired) electrons. The molecule has 0 aliphatic heterocycles. The SMILES string of the molecule is CCCCC(Oc1c(Br)cc(F)cc1[N+](=O)[O-])C(=O)OC. The fourth-order valence-corrected chi connectivity index (χ4v) is 2.20. The number of hydrogen-bond donors (Lipinski definition) is 0. The van der Waals surface area contributed by atoms with E-state index in [2.05, 4.69) is 20.7 Å². The quantitative estimate of drug-likeness (QED) is 0.420. The van der Waals surface area contributed by atoms with Crippen molar-refractivity contribution in [3.63, 3.8) is 0 Å². The Balaban J connectivity index is 3.13. The molecule has 1 unspecified atom stereocenters. The molecule has 0 heterocycles. The molecule has 0 amide bonds. The van der Waals surface area contributed by atoms with Crippen LogP contribution in [-0.2, 0) is 9.53 Å². The lowest BCUT2D eigenvalue weighted by Gasteiger charge is -2.17. The van der Waals surface area contributed by atoms with Crippen molar-refractivity contribution < 1.29 is 23.6 Å². The lowest BCUT2D eigenvalue weighted by atomic mass is 10.1. The Morgan fingerprint density at radius 3 is 2.71 bits per heavy atom. The molecule has 0 saturated heterocycles. The summed E-state index contributed by atoms with van der Waals surface area (Å²) >= 11 is 3.01. The lowest BCUT2D eigenvalue weighted by molar-refractivity contribution is -0.386. The van der Waals surface area contributed by atoms with Crippen molar-refractivity contribution in [3.05, 3.63) is 32.5 Å². The molecule has 0 fully saturated rings. The summed E-state index contributed by atoms with van der Waals surface area (Å²) in [5.41, 5.74) is -0.549. The van der Waals surface area contributed by atoms with Crippen LogP contribution in [0.25, 0.3) is 0 Å². The van der Waals surface area contributed by atoms with E-state index in [1.807, 2.05) is 6.92 Å². The molecule has 0 aromatic heterocycles. The molecule has 1 aromatic carbocycles. The van der Waals surface area contributed by atoms with Crippen LogP contribution in [0.5, 0.6) is 5.75 Å². The summed E-state index contributed by atoms with van der Waals surface area (Å²) in [6.07, 6.45) is 0.885. The number of hydrogen-bond acceptors (Lipinski definition) is 5. The molecule has 8 heteroatoms. The number of carbonyl (C=O) groups is 1. The number of benzene rings is 1. The molecular weight excluding hydrogens is 349 g/mol. The highest BCUT2D eigenvalue weighted by molar-refractivity contribution is 9.10. The third kappa shape index (κ3) is 4.66. The molecule has 0 N–H and O–H groups in total. The zero-order chi connectivity index (χ0) is 16.0. The third-order valence-corrected chi connectivity index (χ3v) is 3.32. The molecule has 21 heavy (non-hydrogen) atoms. The normalized spacial score (nSPS) is 11.8. The van der Waals surface area contributed by atoms with Crippen molar-refractivity contribution in [2.45, 2.75) is 32.3 Å². The minimum absolute atomic E-state index is 0.0691. The molecule has 6 nitrogen and oxygen atoms in total. The molecule has 0 aliphatic carbocycles. The van der Waals surface area contributed by atoms with Crippen LogP contribution in [0.15, 0.2) is 16.6 Å². The molecule has 116 valence electrons. The van der Waals surface area contributed by atoms with Gasteiger partial charge in [-0.05, 0) is 34.8 Å². The Kier molecular flexibility index (Phi) is 6.54. The van der Waals surface area contributed by atoms with Crippen LogP contribution < -0.4 is 4.74 Å². The summed E-state index contributed by atoms with van der Waals surface area (Å²) in [6, 6.07) is 1.78. The van der Waals surface area contributed by atoms with Crippen molar-refractivity contribution in [1.82, 2.24) is 0 Å². The number of nitro groups is 1. The van der Waals surface area contributed by atoms with Crippen molar-refractivity contribution in [2.24, 2.45) is 0 Å². The van der Waals surface area contributed by atoms with Crippen molar-refractivity contribution in [3.8, 4) is 5.75 Å². The summed E-state index contributed by atoms with van der Waals surface area (Å²) in [5, 5.41) is 11.0. The zero-order valence-corrected chi connectivity index (χ0v) is 13.2. The lowest BCUT2D eigenvalue weighted by Crippen LogP contribution is -2.29. The number of nitro benzene ring substituents is 1. The van der Waals surface area contributed by atoms with Crippen LogP contribution in [0.2, 0.25) is 0 Å². The van der Waals surface area contributed by atoms with Crippen molar-refractivity contribution >= 4 is 27.6 Å². The summed E-state index contributed by atoms with van der Waals surface area (Å²) in [4.78, 5) is 21.9. The number of methoxy groups -OCH3 is 1. The predicted octanol–water partition coefficient (Wildman–Crippen LogP) is 3.61. The summed E-state index contributed by atoms with van der Waals surface area (Å²) in [5.74, 6) is -1.59. The van der Waals surface area contributed by atoms with Gasteiger partial charge in [0.05, 0.1) is 22.6 Å². The second kappa shape index (κ2) is 7.92. The van der Waals surface area contributed by atoms with Crippen LogP contribution in [0.3, 0.4) is 0 Å². The highest BCUT2D eigenvalue weighted by Crippen LogP contribution is 2.37. The van der Waals surface area contributed by atoms with Gasteiger partial charge >= 0.3 is 11.7 Å². The van der Waals surface area contributed by atoms with Crippen molar-refractivity contribution in [2.75, 3.05) is 7.11 Å². The van der Waals surface area contributed by atoms with E-state index in [-0.39, 0.29) is 10.2 Å². The number of unbranched alkanes of at least 4 members (excludes halogenated alkanes) is 1. The van der Waals surface area contributed by atoms with Gasteiger partial charge in [0.1, 0.15) is 5.82 Å². The summed E-state index contributed by atoms with van der Waals surface area (Å²) < 4.78 is 23.4. The van der Waals surface area contributed by atoms with Crippen molar-refractivity contribution in [1.29, 1.82) is 0 Å². The molecule has 0 bridgehead atoms. The van der Waals surface area contributed by atoms with Gasteiger partial charge in [-0.2, -0.15) is 0 Å². The summed E-state index contributed by atoms with van der Waals surface area (Å²) in [6.45, 7) is 1.94. The van der Waals surface area contributed by atoms with Crippen LogP contribution in [-0.4, -0.2) is 24.1 Å². The Hall–Kier alpha value is -1.70. The van der Waals surface area contributed by atoms with Gasteiger partial charge in [-0.25, -0.2) is 9.18 Å². The molecular formula is C13H15BrFNO5. The number of esters is 1. The third-order valence-electron chi connectivity index (χ3n) is 2.73. The van der Waals surface area contributed by atoms with Gasteiger partial charge in [0.25, 0.3) is 0 Å². The summed E-state index contributed by atoms with van der Waals surface area (Å²) in [7, 11) is 1.21. The van der Waals surface area contributed by atoms with Crippen LogP contribution in [0.4, 0.5) is 10.1 Å². The molecule has 0 spiro atoms. The van der Waals surface area contributed by atoms with E-state index in [9.17, 15) is 19.3 Å². The number of nitrogens with zero attached hydrogens (tertiary/aromatic N) is 1. The van der Waals surface area contributed by atoms with Gasteiger partial charge in [0.15, 0.2) is 6.10 Å². The first-order valence-corrected chi connectivity index (χ1v) is 7.07. The van der Waals surface area contributed by atoms with Gasteiger partial charge in [-0.3, -0.25) is 10.1 Å². The van der Waals surface area contributed by atoms with Crippen LogP contribution in [0, 0.1) is 15.9 Å². The molecule has 0 saturated carbocycles.